The summed E-state index contributed by atoms with van der Waals surface area (Å²) in [6.07, 6.45) is 13.4. The largest absolute Gasteiger partial charge is 0.427 e. The molecule has 0 aromatic heterocycles. The lowest BCUT2D eigenvalue weighted by Gasteiger charge is -2.09. The molecule has 0 aromatic carbocycles. The molecule has 92 valence electrons. The fourth-order valence-electron chi connectivity index (χ4n) is 1.42. The van der Waals surface area contributed by atoms with Gasteiger partial charge < -0.3 is 4.74 Å². The van der Waals surface area contributed by atoms with Gasteiger partial charge in [-0.1, -0.05) is 44.2 Å². The molecule has 0 bridgehead atoms. The summed E-state index contributed by atoms with van der Waals surface area (Å²) in [5.74, 6) is 0.831. The van der Waals surface area contributed by atoms with Crippen molar-refractivity contribution in [3.63, 3.8) is 0 Å². The highest BCUT2D eigenvalue weighted by atomic mass is 16.5. The molecule has 1 aliphatic rings. The van der Waals surface area contributed by atoms with Gasteiger partial charge in [-0.3, -0.25) is 4.79 Å². The number of hydrogen-bond acceptors (Lipinski definition) is 2. The van der Waals surface area contributed by atoms with E-state index in [-0.39, 0.29) is 5.97 Å². The van der Waals surface area contributed by atoms with Gasteiger partial charge >= 0.3 is 5.97 Å². The minimum atomic E-state index is -0.187. The van der Waals surface area contributed by atoms with Crippen LogP contribution in [-0.4, -0.2) is 5.97 Å². The molecule has 0 heterocycles. The van der Waals surface area contributed by atoms with E-state index in [9.17, 15) is 4.79 Å². The smallest absolute Gasteiger partial charge is 0.310 e. The standard InChI is InChI=1S/C15H20O2/c1-4-15(16)17-14-11-10-12(2)8-6-5-7-9-13(14)3/h5-8,10-12H,4,9H2,1-3H3/b7-5-,8-6-,11-10-,14-13+. The average Bonchev–Trinajstić information content (AvgIpc) is 2.32. The highest BCUT2D eigenvalue weighted by molar-refractivity contribution is 5.70. The molecule has 1 aliphatic carbocycles. The molecule has 0 saturated heterocycles. The predicted octanol–water partition coefficient (Wildman–Crippen LogP) is 3.92. The number of allylic oxidation sites excluding steroid dienone is 7. The predicted molar refractivity (Wildman–Crippen MR) is 70.3 cm³/mol. The third kappa shape index (κ3) is 4.85. The molecule has 0 spiro atoms. The lowest BCUT2D eigenvalue weighted by Crippen LogP contribution is -2.03. The van der Waals surface area contributed by atoms with E-state index in [2.05, 4.69) is 19.1 Å². The van der Waals surface area contributed by atoms with Gasteiger partial charge in [0.2, 0.25) is 0 Å². The van der Waals surface area contributed by atoms with Crippen LogP contribution < -0.4 is 0 Å². The van der Waals surface area contributed by atoms with Crippen LogP contribution >= 0.6 is 0 Å². The second kappa shape index (κ2) is 6.89. The topological polar surface area (TPSA) is 26.3 Å². The Balaban J connectivity index is 2.91. The van der Waals surface area contributed by atoms with Crippen molar-refractivity contribution < 1.29 is 9.53 Å². The van der Waals surface area contributed by atoms with Crippen LogP contribution in [0, 0.1) is 5.92 Å². The molecule has 0 fully saturated rings. The van der Waals surface area contributed by atoms with Crippen LogP contribution in [0.1, 0.15) is 33.6 Å². The van der Waals surface area contributed by atoms with E-state index < -0.39 is 0 Å². The molecule has 0 saturated carbocycles. The first-order valence-corrected chi connectivity index (χ1v) is 6.05. The maximum absolute atomic E-state index is 11.3. The van der Waals surface area contributed by atoms with Gasteiger partial charge in [0, 0.05) is 6.42 Å². The van der Waals surface area contributed by atoms with Gasteiger partial charge in [-0.25, -0.2) is 0 Å². The van der Waals surface area contributed by atoms with Crippen LogP contribution in [0.15, 0.2) is 47.8 Å². The number of ether oxygens (including phenoxy) is 1. The van der Waals surface area contributed by atoms with E-state index in [4.69, 9.17) is 4.74 Å². The van der Waals surface area contributed by atoms with Crippen LogP contribution in [0.5, 0.6) is 0 Å². The maximum Gasteiger partial charge on any atom is 0.310 e. The fourth-order valence-corrected chi connectivity index (χ4v) is 1.42. The van der Waals surface area contributed by atoms with E-state index in [0.29, 0.717) is 18.1 Å². The Bertz CT molecular complexity index is 384. The van der Waals surface area contributed by atoms with Crippen molar-refractivity contribution in [2.24, 2.45) is 5.92 Å². The molecule has 17 heavy (non-hydrogen) atoms. The molecular weight excluding hydrogens is 212 g/mol. The van der Waals surface area contributed by atoms with Crippen LogP contribution in [0.2, 0.25) is 0 Å². The molecular formula is C15H20O2. The van der Waals surface area contributed by atoms with Gasteiger partial charge in [0.15, 0.2) is 0 Å². The third-order valence-corrected chi connectivity index (χ3v) is 2.57. The average molecular weight is 232 g/mol. The van der Waals surface area contributed by atoms with E-state index >= 15 is 0 Å². The van der Waals surface area contributed by atoms with E-state index in [1.807, 2.05) is 31.2 Å². The van der Waals surface area contributed by atoms with Gasteiger partial charge in [0.1, 0.15) is 5.76 Å². The minimum Gasteiger partial charge on any atom is -0.427 e. The number of rotatable bonds is 2. The quantitative estimate of drug-likeness (QED) is 0.674. The molecule has 1 atom stereocenters. The van der Waals surface area contributed by atoms with E-state index in [1.165, 1.54) is 0 Å². The summed E-state index contributed by atoms with van der Waals surface area (Å²) in [6.45, 7) is 5.88. The normalized spacial score (nSPS) is 30.4. The summed E-state index contributed by atoms with van der Waals surface area (Å²) in [4.78, 5) is 11.3. The van der Waals surface area contributed by atoms with E-state index in [0.717, 1.165) is 12.0 Å². The first-order chi connectivity index (χ1) is 8.13. The molecule has 2 heteroatoms. The summed E-state index contributed by atoms with van der Waals surface area (Å²) in [5, 5.41) is 0. The zero-order chi connectivity index (χ0) is 12.7. The van der Waals surface area contributed by atoms with Crippen molar-refractivity contribution in [2.45, 2.75) is 33.6 Å². The molecule has 1 unspecified atom stereocenters. The number of carbonyl (C=O) groups is 1. The van der Waals surface area contributed by atoms with Gasteiger partial charge in [0.05, 0.1) is 0 Å². The Morgan fingerprint density at radius 3 is 2.88 bits per heavy atom. The van der Waals surface area contributed by atoms with Crippen LogP contribution in [0.4, 0.5) is 0 Å². The summed E-state index contributed by atoms with van der Waals surface area (Å²) in [6, 6.07) is 0. The molecule has 2 nitrogen and oxygen atoms in total. The highest BCUT2D eigenvalue weighted by Crippen LogP contribution is 2.16. The SMILES string of the molecule is CCC(=O)OC1=C(\C)C/C=C\C=C/C(C)/C=C\1. The summed E-state index contributed by atoms with van der Waals surface area (Å²) in [7, 11) is 0. The third-order valence-electron chi connectivity index (χ3n) is 2.57. The van der Waals surface area contributed by atoms with Crippen molar-refractivity contribution in [3.05, 3.63) is 47.8 Å². The molecule has 1 rings (SSSR count). The molecule has 0 N–H and O–H groups in total. The first kappa shape index (κ1) is 13.5. The maximum atomic E-state index is 11.3. The first-order valence-electron chi connectivity index (χ1n) is 6.05. The second-order valence-corrected chi connectivity index (χ2v) is 4.21. The Morgan fingerprint density at radius 2 is 2.18 bits per heavy atom. The molecule has 0 amide bonds. The van der Waals surface area contributed by atoms with Crippen LogP contribution in [0.3, 0.4) is 0 Å². The molecule has 0 radical (unpaired) electrons. The van der Waals surface area contributed by atoms with E-state index in [1.54, 1.807) is 6.92 Å². The van der Waals surface area contributed by atoms with Crippen molar-refractivity contribution in [1.29, 1.82) is 0 Å². The summed E-state index contributed by atoms with van der Waals surface area (Å²) >= 11 is 0. The monoisotopic (exact) mass is 232 g/mol. The van der Waals surface area contributed by atoms with Gasteiger partial charge in [-0.2, -0.15) is 0 Å². The summed E-state index contributed by atoms with van der Waals surface area (Å²) < 4.78 is 5.33. The second-order valence-electron chi connectivity index (χ2n) is 4.21. The van der Waals surface area contributed by atoms with Gasteiger partial charge in [-0.15, -0.1) is 0 Å². The minimum absolute atomic E-state index is 0.187. The Labute approximate surface area is 103 Å². The summed E-state index contributed by atoms with van der Waals surface area (Å²) in [5.41, 5.74) is 1.07. The van der Waals surface area contributed by atoms with Crippen molar-refractivity contribution >= 4 is 5.97 Å². The van der Waals surface area contributed by atoms with Gasteiger partial charge in [-0.05, 0) is 30.9 Å². The molecule has 0 aliphatic heterocycles. The van der Waals surface area contributed by atoms with Crippen LogP contribution in [-0.2, 0) is 9.53 Å². The lowest BCUT2D eigenvalue weighted by molar-refractivity contribution is -0.138. The molecule has 0 aromatic rings. The zero-order valence-electron chi connectivity index (χ0n) is 10.8. The number of esters is 1. The van der Waals surface area contributed by atoms with Gasteiger partial charge in [0.25, 0.3) is 0 Å². The van der Waals surface area contributed by atoms with Crippen molar-refractivity contribution in [3.8, 4) is 0 Å². The Kier molecular flexibility index (Phi) is 5.47. The Morgan fingerprint density at radius 1 is 1.41 bits per heavy atom. The zero-order valence-corrected chi connectivity index (χ0v) is 10.8. The lowest BCUT2D eigenvalue weighted by atomic mass is 10.1. The number of hydrogen-bond donors (Lipinski definition) is 0. The van der Waals surface area contributed by atoms with Crippen molar-refractivity contribution in [2.75, 3.05) is 0 Å². The number of carbonyl (C=O) groups excluding carboxylic acids is 1. The van der Waals surface area contributed by atoms with Crippen molar-refractivity contribution in [1.82, 2.24) is 0 Å². The Hall–Kier alpha value is -1.57. The fraction of sp³-hybridized carbons (Fsp3) is 0.400. The highest BCUT2D eigenvalue weighted by Gasteiger charge is 2.06. The van der Waals surface area contributed by atoms with Crippen LogP contribution in [0.25, 0.3) is 0 Å².